The number of aliphatic hydroxyl groups excluding tert-OH is 1. The molecule has 32 heavy (non-hydrogen) atoms. The highest BCUT2D eigenvalue weighted by atomic mass is 32.2. The summed E-state index contributed by atoms with van der Waals surface area (Å²) in [4.78, 5) is 52.2. The highest BCUT2D eigenvalue weighted by Gasteiger charge is 2.26. The zero-order valence-corrected chi connectivity index (χ0v) is 18.5. The van der Waals surface area contributed by atoms with Crippen LogP contribution in [0.15, 0.2) is 29.3 Å². The first-order valence-corrected chi connectivity index (χ1v) is 11.3. The zero-order valence-electron chi connectivity index (χ0n) is 17.7. The summed E-state index contributed by atoms with van der Waals surface area (Å²) in [6.45, 7) is 1.12. The van der Waals surface area contributed by atoms with Crippen LogP contribution in [0.25, 0.3) is 10.9 Å². The number of carbonyl (C=O) groups is 4. The van der Waals surface area contributed by atoms with Gasteiger partial charge in [-0.25, -0.2) is 0 Å². The highest BCUT2D eigenvalue weighted by Crippen LogP contribution is 2.30. The number of amides is 4. The molecule has 0 radical (unpaired) electrons. The molecule has 0 aliphatic carbocycles. The van der Waals surface area contributed by atoms with E-state index in [0.717, 1.165) is 21.5 Å². The predicted molar refractivity (Wildman–Crippen MR) is 120 cm³/mol. The molecule has 1 aromatic heterocycles. The Kier molecular flexibility index (Phi) is 8.12. The van der Waals surface area contributed by atoms with Crippen molar-refractivity contribution in [3.63, 3.8) is 0 Å². The van der Waals surface area contributed by atoms with E-state index in [1.165, 1.54) is 18.7 Å². The van der Waals surface area contributed by atoms with Gasteiger partial charge in [-0.1, -0.05) is 18.2 Å². The largest absolute Gasteiger partial charge is 0.391 e. The first-order chi connectivity index (χ1) is 15.3. The van der Waals surface area contributed by atoms with Gasteiger partial charge in [-0.05, 0) is 25.0 Å². The van der Waals surface area contributed by atoms with Crippen LogP contribution in [-0.2, 0) is 25.6 Å². The van der Waals surface area contributed by atoms with Gasteiger partial charge in [-0.2, -0.15) is 0 Å². The number of aliphatic hydroxyl groups is 1. The number of H-pyrrole nitrogens is 1. The normalized spacial score (nSPS) is 20.8. The number of thioether (sulfide) groups is 1. The molecule has 2 atom stereocenters. The molecule has 0 bridgehead atoms. The van der Waals surface area contributed by atoms with E-state index in [2.05, 4.69) is 26.3 Å². The molecule has 1 aromatic carbocycles. The number of fused-ring (bicyclic) bond motifs is 3. The van der Waals surface area contributed by atoms with Crippen LogP contribution in [0.4, 0.5) is 0 Å². The lowest BCUT2D eigenvalue weighted by molar-refractivity contribution is -0.133. The van der Waals surface area contributed by atoms with Crippen LogP contribution in [0.2, 0.25) is 0 Å². The predicted octanol–water partition coefficient (Wildman–Crippen LogP) is -0.580. The van der Waals surface area contributed by atoms with Gasteiger partial charge in [-0.15, -0.1) is 11.8 Å². The van der Waals surface area contributed by atoms with Gasteiger partial charge in [0.15, 0.2) is 0 Å². The van der Waals surface area contributed by atoms with Crippen molar-refractivity contribution in [2.24, 2.45) is 0 Å². The summed E-state index contributed by atoms with van der Waals surface area (Å²) in [5, 5.41) is 21.9. The number of para-hydroxylation sites is 1. The van der Waals surface area contributed by atoms with Crippen molar-refractivity contribution in [3.8, 4) is 0 Å². The SMILES string of the molecule is CC(O)C1NC(=O)CNC(=O)CCc2c([nH]c3ccccc23)SCCNC(=O)CNC1=O. The Morgan fingerprint density at radius 1 is 0.969 bits per heavy atom. The molecule has 0 spiro atoms. The Bertz CT molecular complexity index is 1010. The maximum Gasteiger partial charge on any atom is 0.245 e. The van der Waals surface area contributed by atoms with Crippen molar-refractivity contribution in [2.75, 3.05) is 25.4 Å². The second-order valence-electron chi connectivity index (χ2n) is 7.46. The fourth-order valence-corrected chi connectivity index (χ4v) is 4.34. The Labute approximate surface area is 189 Å². The van der Waals surface area contributed by atoms with E-state index < -0.39 is 24.0 Å². The molecule has 4 amide bonds. The summed E-state index contributed by atoms with van der Waals surface area (Å²) < 4.78 is 0. The number of aromatic nitrogens is 1. The van der Waals surface area contributed by atoms with Gasteiger partial charge in [0.2, 0.25) is 23.6 Å². The van der Waals surface area contributed by atoms with Gasteiger partial charge in [0.05, 0.1) is 24.2 Å². The fourth-order valence-electron chi connectivity index (χ4n) is 3.37. The number of rotatable bonds is 1. The third-order valence-electron chi connectivity index (χ3n) is 5.00. The molecule has 0 saturated carbocycles. The third kappa shape index (κ3) is 6.24. The summed E-state index contributed by atoms with van der Waals surface area (Å²) in [6.07, 6.45) is -0.523. The molecule has 0 saturated heterocycles. The maximum atomic E-state index is 12.3. The van der Waals surface area contributed by atoms with Crippen molar-refractivity contribution in [3.05, 3.63) is 29.8 Å². The molecular formula is C21H27N5O5S. The summed E-state index contributed by atoms with van der Waals surface area (Å²) in [7, 11) is 0. The highest BCUT2D eigenvalue weighted by molar-refractivity contribution is 7.99. The lowest BCUT2D eigenvalue weighted by Gasteiger charge is -2.21. The molecule has 2 unspecified atom stereocenters. The monoisotopic (exact) mass is 461 g/mol. The second kappa shape index (κ2) is 11.0. The molecule has 3 rings (SSSR count). The van der Waals surface area contributed by atoms with Gasteiger partial charge < -0.3 is 31.4 Å². The minimum Gasteiger partial charge on any atom is -0.391 e. The van der Waals surface area contributed by atoms with E-state index in [-0.39, 0.29) is 31.3 Å². The van der Waals surface area contributed by atoms with E-state index in [1.807, 2.05) is 24.3 Å². The van der Waals surface area contributed by atoms with Gasteiger partial charge >= 0.3 is 0 Å². The van der Waals surface area contributed by atoms with Crippen molar-refractivity contribution >= 4 is 46.3 Å². The van der Waals surface area contributed by atoms with E-state index in [9.17, 15) is 24.3 Å². The molecule has 1 aliphatic rings. The summed E-state index contributed by atoms with van der Waals surface area (Å²) >= 11 is 1.54. The first-order valence-electron chi connectivity index (χ1n) is 10.4. The van der Waals surface area contributed by atoms with Crippen LogP contribution in [0.5, 0.6) is 0 Å². The van der Waals surface area contributed by atoms with Crippen molar-refractivity contribution < 1.29 is 24.3 Å². The second-order valence-corrected chi connectivity index (χ2v) is 8.56. The molecule has 0 fully saturated rings. The number of nitrogens with one attached hydrogen (secondary N) is 5. The summed E-state index contributed by atoms with van der Waals surface area (Å²) in [6, 6.07) is 6.58. The average Bonchev–Trinajstić information content (AvgIpc) is 3.12. The molecule has 6 N–H and O–H groups in total. The average molecular weight is 462 g/mol. The van der Waals surface area contributed by atoms with E-state index in [0.29, 0.717) is 18.7 Å². The first kappa shape index (κ1) is 23.6. The minimum atomic E-state index is -1.24. The Balaban J connectivity index is 1.76. The molecule has 10 nitrogen and oxygen atoms in total. The van der Waals surface area contributed by atoms with Crippen LogP contribution in [0.1, 0.15) is 18.9 Å². The van der Waals surface area contributed by atoms with E-state index in [4.69, 9.17) is 0 Å². The molecule has 2 heterocycles. The number of carbonyl (C=O) groups excluding carboxylic acids is 4. The maximum absolute atomic E-state index is 12.3. The molecule has 1 aliphatic heterocycles. The van der Waals surface area contributed by atoms with Crippen LogP contribution in [-0.4, -0.2) is 71.3 Å². The molecule has 2 aromatic rings. The van der Waals surface area contributed by atoms with E-state index in [1.54, 1.807) is 0 Å². The Morgan fingerprint density at radius 2 is 1.72 bits per heavy atom. The Hall–Kier alpha value is -3.05. The number of benzene rings is 1. The summed E-state index contributed by atoms with van der Waals surface area (Å²) in [5.74, 6) is -1.38. The van der Waals surface area contributed by atoms with Crippen molar-refractivity contribution in [2.45, 2.75) is 36.9 Å². The molecular weight excluding hydrogens is 434 g/mol. The number of hydrogen-bond acceptors (Lipinski definition) is 6. The number of aryl methyl sites for hydroxylation is 1. The lowest BCUT2D eigenvalue weighted by atomic mass is 10.1. The zero-order chi connectivity index (χ0) is 23.1. The van der Waals surface area contributed by atoms with Gasteiger partial charge in [0.1, 0.15) is 6.04 Å². The van der Waals surface area contributed by atoms with Crippen LogP contribution < -0.4 is 21.3 Å². The molecule has 11 heteroatoms. The van der Waals surface area contributed by atoms with E-state index >= 15 is 0 Å². The molecule has 172 valence electrons. The number of aromatic amines is 1. The lowest BCUT2D eigenvalue weighted by Crippen LogP contribution is -2.55. The summed E-state index contributed by atoms with van der Waals surface area (Å²) in [5.41, 5.74) is 1.98. The smallest absolute Gasteiger partial charge is 0.245 e. The van der Waals surface area contributed by atoms with Crippen LogP contribution in [0.3, 0.4) is 0 Å². The van der Waals surface area contributed by atoms with Crippen LogP contribution >= 0.6 is 11.8 Å². The topological polar surface area (TPSA) is 152 Å². The standard InChI is InChI=1S/C21H27N5O5S/c1-12(27)19-20(31)24-10-17(29)22-8-9-32-21-14(13-4-2-3-5-15(13)25-21)6-7-16(28)23-11-18(30)26-19/h2-5,12,19,25,27H,6-11H2,1H3,(H,22,29)(H,23,28)(H,24,31)(H,26,30). The third-order valence-corrected chi connectivity index (χ3v) is 6.04. The quantitative estimate of drug-likeness (QED) is 0.334. The number of hydrogen-bond donors (Lipinski definition) is 6. The van der Waals surface area contributed by atoms with Crippen LogP contribution in [0, 0.1) is 0 Å². The van der Waals surface area contributed by atoms with Gasteiger partial charge in [-0.3, -0.25) is 19.2 Å². The fraction of sp³-hybridized carbons (Fsp3) is 0.429. The Morgan fingerprint density at radius 3 is 2.50 bits per heavy atom. The van der Waals surface area contributed by atoms with Crippen molar-refractivity contribution in [1.29, 1.82) is 0 Å². The van der Waals surface area contributed by atoms with Gasteiger partial charge in [0, 0.05) is 29.6 Å². The van der Waals surface area contributed by atoms with Gasteiger partial charge in [0.25, 0.3) is 0 Å². The van der Waals surface area contributed by atoms with Crippen molar-refractivity contribution in [1.82, 2.24) is 26.3 Å². The minimum absolute atomic E-state index is 0.180.